The van der Waals surface area contributed by atoms with Crippen molar-refractivity contribution in [1.29, 1.82) is 5.26 Å². The van der Waals surface area contributed by atoms with Gasteiger partial charge in [-0.3, -0.25) is 0 Å². The monoisotopic (exact) mass is 334 g/mol. The molecule has 0 aliphatic carbocycles. The highest BCUT2D eigenvalue weighted by atomic mass is 32.2. The fourth-order valence-electron chi connectivity index (χ4n) is 1.95. The zero-order valence-electron chi connectivity index (χ0n) is 13.1. The molecule has 1 atom stereocenters. The zero-order valence-corrected chi connectivity index (χ0v) is 14.7. The molecule has 5 nitrogen and oxygen atoms in total. The Kier molecular flexibility index (Phi) is 5.89. The molecular formula is C15H18N4OS2. The lowest BCUT2D eigenvalue weighted by atomic mass is 10.3. The zero-order chi connectivity index (χ0) is 16.1. The third-order valence-corrected chi connectivity index (χ3v) is 5.03. The SMILES string of the molecule is CCOC(C)c1nc(CSc2nc(C)nc(C)c2C#N)cs1. The molecule has 7 heteroatoms. The summed E-state index contributed by atoms with van der Waals surface area (Å²) in [7, 11) is 0. The average molecular weight is 334 g/mol. The van der Waals surface area contributed by atoms with E-state index in [4.69, 9.17) is 4.74 Å². The molecule has 0 N–H and O–H groups in total. The van der Waals surface area contributed by atoms with Crippen LogP contribution in [0.4, 0.5) is 0 Å². The van der Waals surface area contributed by atoms with Crippen molar-refractivity contribution in [3.05, 3.63) is 33.2 Å². The van der Waals surface area contributed by atoms with Crippen molar-refractivity contribution in [1.82, 2.24) is 15.0 Å². The van der Waals surface area contributed by atoms with Gasteiger partial charge in [0.2, 0.25) is 0 Å². The van der Waals surface area contributed by atoms with Crippen LogP contribution in [-0.2, 0) is 10.5 Å². The Hall–Kier alpha value is -1.49. The largest absolute Gasteiger partial charge is 0.372 e. The van der Waals surface area contributed by atoms with Gasteiger partial charge in [0, 0.05) is 17.7 Å². The number of ether oxygens (including phenoxy) is 1. The minimum absolute atomic E-state index is 0.0203. The van der Waals surface area contributed by atoms with Crippen LogP contribution >= 0.6 is 23.1 Å². The Balaban J connectivity index is 2.10. The number of aromatic nitrogens is 3. The number of thiazole rings is 1. The third-order valence-electron chi connectivity index (χ3n) is 2.97. The number of hydrogen-bond acceptors (Lipinski definition) is 7. The van der Waals surface area contributed by atoms with Crippen molar-refractivity contribution in [2.75, 3.05) is 6.61 Å². The summed E-state index contributed by atoms with van der Waals surface area (Å²) in [5.74, 6) is 1.36. The molecule has 0 spiro atoms. The van der Waals surface area contributed by atoms with Gasteiger partial charge in [0.05, 0.1) is 11.4 Å². The summed E-state index contributed by atoms with van der Waals surface area (Å²) in [6, 6.07) is 2.18. The van der Waals surface area contributed by atoms with Gasteiger partial charge in [-0.2, -0.15) is 5.26 Å². The summed E-state index contributed by atoms with van der Waals surface area (Å²) in [6.45, 7) is 8.33. The molecule has 0 saturated carbocycles. The second-order valence-corrected chi connectivity index (χ2v) is 6.57. The lowest BCUT2D eigenvalue weighted by Gasteiger charge is -2.07. The highest BCUT2D eigenvalue weighted by molar-refractivity contribution is 7.98. The lowest BCUT2D eigenvalue weighted by Crippen LogP contribution is -2.00. The van der Waals surface area contributed by atoms with Crippen molar-refractivity contribution in [2.45, 2.75) is 44.6 Å². The number of rotatable bonds is 6. The van der Waals surface area contributed by atoms with Gasteiger partial charge in [-0.15, -0.1) is 11.3 Å². The summed E-state index contributed by atoms with van der Waals surface area (Å²) >= 11 is 3.12. The summed E-state index contributed by atoms with van der Waals surface area (Å²) in [6.07, 6.45) is 0.0203. The maximum atomic E-state index is 9.25. The molecular weight excluding hydrogens is 316 g/mol. The first-order valence-corrected chi connectivity index (χ1v) is 8.85. The van der Waals surface area contributed by atoms with Gasteiger partial charge in [-0.25, -0.2) is 15.0 Å². The molecule has 0 bridgehead atoms. The Morgan fingerprint density at radius 3 is 2.82 bits per heavy atom. The number of aryl methyl sites for hydroxylation is 2. The first kappa shape index (κ1) is 16.9. The van der Waals surface area contributed by atoms with Crippen molar-refractivity contribution >= 4 is 23.1 Å². The smallest absolute Gasteiger partial charge is 0.126 e. The number of thioether (sulfide) groups is 1. The van der Waals surface area contributed by atoms with Gasteiger partial charge < -0.3 is 4.74 Å². The molecule has 2 aromatic heterocycles. The Labute approximate surface area is 138 Å². The van der Waals surface area contributed by atoms with Crippen LogP contribution in [0, 0.1) is 25.2 Å². The van der Waals surface area contributed by atoms with Crippen LogP contribution < -0.4 is 0 Å². The van der Waals surface area contributed by atoms with Gasteiger partial charge in [-0.05, 0) is 27.7 Å². The standard InChI is InChI=1S/C15H18N4OS2/c1-5-20-10(3)14-19-12(7-21-14)8-22-15-13(6-16)9(2)17-11(4)18-15/h7,10H,5,8H2,1-4H3. The highest BCUT2D eigenvalue weighted by Gasteiger charge is 2.13. The van der Waals surface area contributed by atoms with Crippen molar-refractivity contribution in [2.24, 2.45) is 0 Å². The van der Waals surface area contributed by atoms with E-state index in [-0.39, 0.29) is 6.10 Å². The molecule has 116 valence electrons. The Morgan fingerprint density at radius 1 is 1.36 bits per heavy atom. The van der Waals surface area contributed by atoms with Gasteiger partial charge >= 0.3 is 0 Å². The maximum absolute atomic E-state index is 9.25. The summed E-state index contributed by atoms with van der Waals surface area (Å²) < 4.78 is 5.55. The molecule has 22 heavy (non-hydrogen) atoms. The fourth-order valence-corrected chi connectivity index (χ4v) is 3.85. The predicted octanol–water partition coefficient (Wildman–Crippen LogP) is 3.81. The van der Waals surface area contributed by atoms with Crippen LogP contribution in [0.25, 0.3) is 0 Å². The van der Waals surface area contributed by atoms with E-state index in [0.717, 1.165) is 21.4 Å². The molecule has 0 saturated heterocycles. The van der Waals surface area contributed by atoms with Crippen LogP contribution in [0.15, 0.2) is 10.4 Å². The first-order chi connectivity index (χ1) is 10.5. The van der Waals surface area contributed by atoms with Crippen LogP contribution in [0.3, 0.4) is 0 Å². The molecule has 2 rings (SSSR count). The molecule has 2 heterocycles. The van der Waals surface area contributed by atoms with Crippen molar-refractivity contribution < 1.29 is 4.74 Å². The summed E-state index contributed by atoms with van der Waals surface area (Å²) in [5.41, 5.74) is 2.25. The van der Waals surface area contributed by atoms with Gasteiger partial charge in [0.1, 0.15) is 33.6 Å². The molecule has 1 unspecified atom stereocenters. The van der Waals surface area contributed by atoms with E-state index in [9.17, 15) is 5.26 Å². The molecule has 0 amide bonds. The van der Waals surface area contributed by atoms with E-state index in [1.54, 1.807) is 11.3 Å². The third kappa shape index (κ3) is 4.03. The highest BCUT2D eigenvalue weighted by Crippen LogP contribution is 2.28. The molecule has 0 aliphatic rings. The maximum Gasteiger partial charge on any atom is 0.126 e. The van der Waals surface area contributed by atoms with E-state index in [2.05, 4.69) is 21.0 Å². The minimum Gasteiger partial charge on any atom is -0.372 e. The molecule has 0 fully saturated rings. The topological polar surface area (TPSA) is 71.7 Å². The molecule has 0 aromatic carbocycles. The van der Waals surface area contributed by atoms with Crippen LogP contribution in [0.2, 0.25) is 0 Å². The summed E-state index contributed by atoms with van der Waals surface area (Å²) in [5, 5.41) is 13.0. The van der Waals surface area contributed by atoms with Crippen LogP contribution in [-0.4, -0.2) is 21.6 Å². The van der Waals surface area contributed by atoms with Crippen LogP contribution in [0.1, 0.15) is 47.7 Å². The normalized spacial score (nSPS) is 12.1. The van der Waals surface area contributed by atoms with Crippen molar-refractivity contribution in [3.63, 3.8) is 0 Å². The number of nitrogens with zero attached hydrogens (tertiary/aromatic N) is 4. The molecule has 0 aliphatic heterocycles. The van der Waals surface area contributed by atoms with Gasteiger partial charge in [0.15, 0.2) is 0 Å². The fraction of sp³-hybridized carbons (Fsp3) is 0.467. The lowest BCUT2D eigenvalue weighted by molar-refractivity contribution is 0.0761. The van der Waals surface area contributed by atoms with Gasteiger partial charge in [0.25, 0.3) is 0 Å². The second kappa shape index (κ2) is 7.68. The molecule has 2 aromatic rings. The average Bonchev–Trinajstić information content (AvgIpc) is 2.94. The number of nitriles is 1. The summed E-state index contributed by atoms with van der Waals surface area (Å²) in [4.78, 5) is 13.2. The Bertz CT molecular complexity index is 693. The Morgan fingerprint density at radius 2 is 2.14 bits per heavy atom. The molecule has 0 radical (unpaired) electrons. The van der Waals surface area contributed by atoms with E-state index in [1.165, 1.54) is 11.8 Å². The quantitative estimate of drug-likeness (QED) is 0.591. The van der Waals surface area contributed by atoms with Gasteiger partial charge in [-0.1, -0.05) is 11.8 Å². The van der Waals surface area contributed by atoms with E-state index in [0.29, 0.717) is 23.7 Å². The minimum atomic E-state index is 0.0203. The number of hydrogen-bond donors (Lipinski definition) is 0. The van der Waals surface area contributed by atoms with E-state index < -0.39 is 0 Å². The first-order valence-electron chi connectivity index (χ1n) is 6.99. The van der Waals surface area contributed by atoms with Crippen molar-refractivity contribution in [3.8, 4) is 6.07 Å². The van der Waals surface area contributed by atoms with E-state index in [1.807, 2.05) is 33.1 Å². The second-order valence-electron chi connectivity index (χ2n) is 4.71. The van der Waals surface area contributed by atoms with E-state index >= 15 is 0 Å². The predicted molar refractivity (Wildman–Crippen MR) is 87.9 cm³/mol. The van der Waals surface area contributed by atoms with Crippen LogP contribution in [0.5, 0.6) is 0 Å².